The Labute approximate surface area is 248 Å². The van der Waals surface area contributed by atoms with Crippen LogP contribution in [-0.4, -0.2) is 44.6 Å². The van der Waals surface area contributed by atoms with E-state index >= 15 is 0 Å². The van der Waals surface area contributed by atoms with Crippen LogP contribution >= 0.6 is 11.6 Å². The fourth-order valence-electron chi connectivity index (χ4n) is 4.43. The minimum Gasteiger partial charge on any atom is -0.390 e. The number of allylic oxidation sites excluding steroid dienone is 1. The Hall–Kier alpha value is -4.43. The highest BCUT2D eigenvalue weighted by Crippen LogP contribution is 2.35. The van der Waals surface area contributed by atoms with E-state index in [0.717, 1.165) is 24.5 Å². The lowest BCUT2D eigenvalue weighted by atomic mass is 10.0. The molecule has 1 aliphatic rings. The molecule has 226 valence electrons. The smallest absolute Gasteiger partial charge is 0.276 e. The quantitative estimate of drug-likeness (QED) is 0.188. The van der Waals surface area contributed by atoms with Crippen LogP contribution in [0.3, 0.4) is 0 Å². The molecule has 15 heteroatoms. The van der Waals surface area contributed by atoms with Crippen molar-refractivity contribution < 1.29 is 32.3 Å². The van der Waals surface area contributed by atoms with Crippen molar-refractivity contribution in [1.29, 1.82) is 5.41 Å². The number of amides is 2. The first kappa shape index (κ1) is 31.5. The van der Waals surface area contributed by atoms with Crippen LogP contribution in [0.2, 0.25) is 5.02 Å². The van der Waals surface area contributed by atoms with E-state index in [2.05, 4.69) is 25.6 Å². The minimum atomic E-state index is -3.09. The highest BCUT2D eigenvalue weighted by Gasteiger charge is 2.30. The fourth-order valence-corrected chi connectivity index (χ4v) is 4.58. The number of hydrogen-bond donors (Lipinski definition) is 4. The van der Waals surface area contributed by atoms with Gasteiger partial charge in [-0.3, -0.25) is 19.5 Å². The van der Waals surface area contributed by atoms with E-state index < -0.39 is 64.2 Å². The summed E-state index contributed by atoms with van der Waals surface area (Å²) >= 11 is 5.78. The van der Waals surface area contributed by atoms with Crippen molar-refractivity contribution in [2.24, 2.45) is 5.92 Å². The molecule has 1 aliphatic heterocycles. The molecule has 2 amide bonds. The first-order valence-corrected chi connectivity index (χ1v) is 13.3. The van der Waals surface area contributed by atoms with Crippen molar-refractivity contribution in [3.8, 4) is 11.3 Å². The molecule has 10 nitrogen and oxygen atoms in total. The van der Waals surface area contributed by atoms with Gasteiger partial charge in [0.2, 0.25) is 5.91 Å². The third kappa shape index (κ3) is 6.81. The van der Waals surface area contributed by atoms with Crippen LogP contribution in [0.1, 0.15) is 60.0 Å². The fraction of sp³-hybridized carbons (Fsp3) is 0.286. The van der Waals surface area contributed by atoms with Crippen molar-refractivity contribution in [1.82, 2.24) is 25.6 Å². The molecule has 4 rings (SSSR count). The summed E-state index contributed by atoms with van der Waals surface area (Å²) in [6.07, 6.45) is 1.58. The summed E-state index contributed by atoms with van der Waals surface area (Å²) < 4.78 is 56.8. The predicted molar refractivity (Wildman–Crippen MR) is 150 cm³/mol. The third-order valence-electron chi connectivity index (χ3n) is 6.65. The third-order valence-corrected chi connectivity index (χ3v) is 6.94. The largest absolute Gasteiger partial charge is 0.390 e. The standard InChI is InChI=1S/C28H26ClF4N7O3/c1-13-5-22(42)40(11-13)27-19(30)6-15(8-37-27)14(2)35-9-16(7-34)38-28(43)25-21(12-41)36-10-20(39-25)23-17(26(32)33)3-4-18(29)24(23)31/h3-4,6-10,13-14,26,34-35,41H,5,11-12H2,1-2H3,(H,38,43)/b16-9+,34-7?/t13-,14?/m0/s1. The van der Waals surface area contributed by atoms with Crippen molar-refractivity contribution >= 4 is 35.4 Å². The average molecular weight is 620 g/mol. The van der Waals surface area contributed by atoms with Gasteiger partial charge in [0.15, 0.2) is 23.1 Å². The Morgan fingerprint density at radius 1 is 1.28 bits per heavy atom. The van der Waals surface area contributed by atoms with E-state index in [4.69, 9.17) is 17.0 Å². The second kappa shape index (κ2) is 13.3. The molecule has 0 aliphatic carbocycles. The SMILES string of the molecule is CC(N/C=C(\C=N)NC(=O)c1nc(-c2c(C(F)F)ccc(Cl)c2F)cnc1CO)c1cnc(N2C[C@@H](C)CC2=O)c(F)c1. The number of aromatic nitrogens is 3. The molecule has 0 spiro atoms. The monoisotopic (exact) mass is 619 g/mol. The lowest BCUT2D eigenvalue weighted by Crippen LogP contribution is -2.28. The number of halogens is 5. The highest BCUT2D eigenvalue weighted by atomic mass is 35.5. The second-order valence-electron chi connectivity index (χ2n) is 9.81. The van der Waals surface area contributed by atoms with Gasteiger partial charge in [-0.05, 0) is 30.5 Å². The van der Waals surface area contributed by atoms with Crippen LogP contribution in [0, 0.1) is 23.0 Å². The molecule has 3 aromatic rings. The van der Waals surface area contributed by atoms with Gasteiger partial charge in [-0.2, -0.15) is 0 Å². The molecular weight excluding hydrogens is 594 g/mol. The zero-order valence-electron chi connectivity index (χ0n) is 22.8. The summed E-state index contributed by atoms with van der Waals surface area (Å²) in [5.41, 5.74) is -2.23. The Morgan fingerprint density at radius 3 is 2.63 bits per heavy atom. The Bertz CT molecular complexity index is 1600. The Balaban J connectivity index is 1.54. The second-order valence-corrected chi connectivity index (χ2v) is 10.2. The summed E-state index contributed by atoms with van der Waals surface area (Å²) in [6, 6.07) is 2.56. The normalized spacial score (nSPS) is 16.0. The Morgan fingerprint density at radius 2 is 2.02 bits per heavy atom. The molecule has 1 unspecified atom stereocenters. The number of anilines is 1. The first-order chi connectivity index (χ1) is 20.4. The van der Waals surface area contributed by atoms with E-state index in [1.165, 1.54) is 23.4 Å². The molecule has 43 heavy (non-hydrogen) atoms. The number of carbonyl (C=O) groups excluding carboxylic acids is 2. The average Bonchev–Trinajstić information content (AvgIpc) is 3.32. The number of pyridine rings is 1. The van der Waals surface area contributed by atoms with Gasteiger partial charge in [-0.15, -0.1) is 0 Å². The van der Waals surface area contributed by atoms with Gasteiger partial charge < -0.3 is 21.1 Å². The number of rotatable bonds is 10. The van der Waals surface area contributed by atoms with Gasteiger partial charge in [0.25, 0.3) is 12.3 Å². The van der Waals surface area contributed by atoms with Crippen molar-refractivity contribution in [2.45, 2.75) is 39.3 Å². The number of hydrogen-bond acceptors (Lipinski definition) is 8. The van der Waals surface area contributed by atoms with Crippen molar-refractivity contribution in [2.75, 3.05) is 11.4 Å². The van der Waals surface area contributed by atoms with E-state index in [1.54, 1.807) is 6.92 Å². The number of nitrogens with one attached hydrogen (secondary N) is 3. The summed E-state index contributed by atoms with van der Waals surface area (Å²) in [7, 11) is 0. The highest BCUT2D eigenvalue weighted by molar-refractivity contribution is 6.31. The summed E-state index contributed by atoms with van der Waals surface area (Å²) in [5.74, 6) is -3.03. The zero-order valence-corrected chi connectivity index (χ0v) is 23.6. The van der Waals surface area contributed by atoms with Gasteiger partial charge in [0, 0.05) is 48.7 Å². The van der Waals surface area contributed by atoms with E-state index in [-0.39, 0.29) is 29.0 Å². The minimum absolute atomic E-state index is 0.0605. The molecule has 0 radical (unpaired) electrons. The maximum Gasteiger partial charge on any atom is 0.276 e. The zero-order chi connectivity index (χ0) is 31.4. The number of aliphatic hydroxyl groups excluding tert-OH is 1. The van der Waals surface area contributed by atoms with E-state index in [9.17, 15) is 32.3 Å². The van der Waals surface area contributed by atoms with E-state index in [0.29, 0.717) is 18.5 Å². The molecule has 2 atom stereocenters. The topological polar surface area (TPSA) is 144 Å². The number of aliphatic hydroxyl groups is 1. The van der Waals surface area contributed by atoms with Crippen LogP contribution in [0.25, 0.3) is 11.3 Å². The lowest BCUT2D eigenvalue weighted by molar-refractivity contribution is -0.117. The van der Waals surface area contributed by atoms with Crippen molar-refractivity contribution in [3.63, 3.8) is 0 Å². The van der Waals surface area contributed by atoms with Crippen LogP contribution < -0.4 is 15.5 Å². The molecule has 0 bridgehead atoms. The molecule has 1 saturated heterocycles. The number of alkyl halides is 2. The molecular formula is C28H26ClF4N7O3. The Kier molecular flexibility index (Phi) is 9.71. The molecule has 1 fully saturated rings. The van der Waals surface area contributed by atoms with Gasteiger partial charge >= 0.3 is 0 Å². The lowest BCUT2D eigenvalue weighted by Gasteiger charge is -2.18. The van der Waals surface area contributed by atoms with Gasteiger partial charge in [-0.25, -0.2) is 27.5 Å². The van der Waals surface area contributed by atoms with Gasteiger partial charge in [-0.1, -0.05) is 24.6 Å². The maximum atomic E-state index is 14.8. The van der Waals surface area contributed by atoms with Crippen molar-refractivity contribution in [3.05, 3.63) is 81.7 Å². The molecule has 1 aromatic carbocycles. The number of carbonyl (C=O) groups is 2. The van der Waals surface area contributed by atoms with Crippen LogP contribution in [0.5, 0.6) is 0 Å². The molecule has 2 aromatic heterocycles. The predicted octanol–water partition coefficient (Wildman–Crippen LogP) is 4.84. The summed E-state index contributed by atoms with van der Waals surface area (Å²) in [6.45, 7) is 3.16. The van der Waals surface area contributed by atoms with Crippen LogP contribution in [0.15, 0.2) is 42.5 Å². The summed E-state index contributed by atoms with van der Waals surface area (Å²) in [4.78, 5) is 38.5. The first-order valence-electron chi connectivity index (χ1n) is 12.9. The number of benzene rings is 1. The molecule has 0 saturated carbocycles. The molecule has 3 heterocycles. The van der Waals surface area contributed by atoms with Gasteiger partial charge in [0.1, 0.15) is 0 Å². The van der Waals surface area contributed by atoms with Gasteiger partial charge in [0.05, 0.1) is 34.9 Å². The number of nitrogens with zero attached hydrogens (tertiary/aromatic N) is 4. The van der Waals surface area contributed by atoms with Crippen LogP contribution in [0.4, 0.5) is 23.4 Å². The van der Waals surface area contributed by atoms with Crippen LogP contribution in [-0.2, 0) is 11.4 Å². The van der Waals surface area contributed by atoms with E-state index in [1.807, 2.05) is 6.92 Å². The molecule has 4 N–H and O–H groups in total. The summed E-state index contributed by atoms with van der Waals surface area (Å²) in [5, 5.41) is 22.2. The maximum absolute atomic E-state index is 14.8.